The number of aromatic nitrogens is 4. The lowest BCUT2D eigenvalue weighted by Crippen LogP contribution is -2.56. The van der Waals surface area contributed by atoms with Gasteiger partial charge in [-0.05, 0) is 69.0 Å². The van der Waals surface area contributed by atoms with Gasteiger partial charge in [0.05, 0.1) is 36.1 Å². The van der Waals surface area contributed by atoms with E-state index in [9.17, 15) is 5.11 Å². The number of anilines is 2. The van der Waals surface area contributed by atoms with E-state index in [0.29, 0.717) is 25.1 Å². The molecule has 2 aromatic heterocycles. The zero-order valence-corrected chi connectivity index (χ0v) is 21.8. The molecule has 2 aliphatic heterocycles. The Morgan fingerprint density at radius 1 is 1.17 bits per heavy atom. The standard InChI is InChI=1S/C27H38N6O2/c1-17-11-19-14-28-25(30-24-13-22(26(2,3)4)31-32(24)6)29-21(19)12-20(17)18-7-9-33(10-8-18)27(5)16-35-15-23(27)34/h11-14,18,23,34H,7-10,15-16H2,1-6H3,(H,28,29,30)/t23-,27+/m0/s1. The van der Waals surface area contributed by atoms with Crippen LogP contribution in [0.15, 0.2) is 24.4 Å². The summed E-state index contributed by atoms with van der Waals surface area (Å²) in [4.78, 5) is 11.8. The summed E-state index contributed by atoms with van der Waals surface area (Å²) in [6.45, 7) is 13.8. The van der Waals surface area contributed by atoms with Gasteiger partial charge in [-0.3, -0.25) is 9.58 Å². The van der Waals surface area contributed by atoms with Crippen LogP contribution < -0.4 is 5.32 Å². The lowest BCUT2D eigenvalue weighted by atomic mass is 9.84. The van der Waals surface area contributed by atoms with Crippen LogP contribution in [0.25, 0.3) is 10.9 Å². The van der Waals surface area contributed by atoms with Gasteiger partial charge in [-0.2, -0.15) is 5.10 Å². The van der Waals surface area contributed by atoms with E-state index >= 15 is 0 Å². The van der Waals surface area contributed by atoms with Crippen molar-refractivity contribution in [1.82, 2.24) is 24.6 Å². The zero-order chi connectivity index (χ0) is 25.0. The number of aliphatic hydroxyl groups is 1. The predicted molar refractivity (Wildman–Crippen MR) is 138 cm³/mol. The van der Waals surface area contributed by atoms with E-state index in [1.165, 1.54) is 11.1 Å². The van der Waals surface area contributed by atoms with Crippen molar-refractivity contribution in [2.45, 2.75) is 70.4 Å². The summed E-state index contributed by atoms with van der Waals surface area (Å²) in [7, 11) is 1.93. The number of ether oxygens (including phenoxy) is 1. The van der Waals surface area contributed by atoms with E-state index in [1.807, 2.05) is 17.9 Å². The van der Waals surface area contributed by atoms with Gasteiger partial charge in [0.1, 0.15) is 5.82 Å². The molecule has 0 unspecified atom stereocenters. The van der Waals surface area contributed by atoms with Crippen molar-refractivity contribution in [3.05, 3.63) is 41.2 Å². The third-order valence-electron chi connectivity index (χ3n) is 7.90. The molecule has 8 heteroatoms. The van der Waals surface area contributed by atoms with Crippen molar-refractivity contribution in [3.8, 4) is 0 Å². The van der Waals surface area contributed by atoms with E-state index in [4.69, 9.17) is 9.72 Å². The third kappa shape index (κ3) is 4.55. The molecule has 0 aliphatic carbocycles. The molecule has 2 saturated heterocycles. The first-order chi connectivity index (χ1) is 16.5. The average Bonchev–Trinajstić information content (AvgIpc) is 3.36. The van der Waals surface area contributed by atoms with Crippen molar-refractivity contribution in [2.75, 3.05) is 31.6 Å². The molecule has 2 N–H and O–H groups in total. The van der Waals surface area contributed by atoms with E-state index in [2.05, 4.69) is 73.1 Å². The van der Waals surface area contributed by atoms with Gasteiger partial charge in [-0.1, -0.05) is 20.8 Å². The van der Waals surface area contributed by atoms with Crippen LogP contribution in [0, 0.1) is 6.92 Å². The molecule has 5 rings (SSSR count). The summed E-state index contributed by atoms with van der Waals surface area (Å²) in [5.74, 6) is 1.94. The maximum absolute atomic E-state index is 10.4. The molecule has 0 spiro atoms. The molecule has 188 valence electrons. The molecule has 2 aliphatic rings. The molecule has 0 amide bonds. The Morgan fingerprint density at radius 3 is 2.54 bits per heavy atom. The van der Waals surface area contributed by atoms with Crippen molar-refractivity contribution in [1.29, 1.82) is 0 Å². The number of fused-ring (bicyclic) bond motifs is 1. The second kappa shape index (κ2) is 8.84. The van der Waals surface area contributed by atoms with Gasteiger partial charge in [0.25, 0.3) is 0 Å². The second-order valence-electron chi connectivity index (χ2n) is 11.5. The van der Waals surface area contributed by atoms with E-state index in [-0.39, 0.29) is 11.0 Å². The Kier molecular flexibility index (Phi) is 6.10. The Labute approximate surface area is 207 Å². The Balaban J connectivity index is 1.35. The fraction of sp³-hybridized carbons (Fsp3) is 0.593. The first-order valence-electron chi connectivity index (χ1n) is 12.6. The smallest absolute Gasteiger partial charge is 0.228 e. The summed E-state index contributed by atoms with van der Waals surface area (Å²) in [6, 6.07) is 6.52. The first-order valence-corrected chi connectivity index (χ1v) is 12.6. The highest BCUT2D eigenvalue weighted by atomic mass is 16.5. The normalized spacial score (nSPS) is 24.4. The topological polar surface area (TPSA) is 88.3 Å². The number of nitrogens with zero attached hydrogens (tertiary/aromatic N) is 5. The average molecular weight is 479 g/mol. The van der Waals surface area contributed by atoms with Crippen LogP contribution in [0.3, 0.4) is 0 Å². The number of nitrogens with one attached hydrogen (secondary N) is 1. The van der Waals surface area contributed by atoms with Gasteiger partial charge in [0.15, 0.2) is 0 Å². The minimum atomic E-state index is -0.414. The van der Waals surface area contributed by atoms with Crippen molar-refractivity contribution < 1.29 is 9.84 Å². The number of hydrogen-bond acceptors (Lipinski definition) is 7. The molecule has 0 saturated carbocycles. The van der Waals surface area contributed by atoms with Crippen LogP contribution in [0.1, 0.15) is 63.3 Å². The highest BCUT2D eigenvalue weighted by Gasteiger charge is 2.44. The minimum absolute atomic E-state index is 0.0236. The summed E-state index contributed by atoms with van der Waals surface area (Å²) in [5, 5.41) is 19.5. The molecule has 0 bridgehead atoms. The maximum atomic E-state index is 10.4. The highest BCUT2D eigenvalue weighted by molar-refractivity contribution is 5.81. The second-order valence-corrected chi connectivity index (χ2v) is 11.5. The molecule has 2 atom stereocenters. The molecule has 2 fully saturated rings. The van der Waals surface area contributed by atoms with E-state index in [0.717, 1.165) is 48.3 Å². The summed E-state index contributed by atoms with van der Waals surface area (Å²) < 4.78 is 7.41. The molecule has 4 heterocycles. The van der Waals surface area contributed by atoms with Gasteiger partial charge < -0.3 is 15.2 Å². The number of rotatable bonds is 4. The van der Waals surface area contributed by atoms with Crippen LogP contribution in [0.2, 0.25) is 0 Å². The summed E-state index contributed by atoms with van der Waals surface area (Å²) in [5.41, 5.74) is 4.34. The SMILES string of the molecule is Cc1cc2cnc(Nc3cc(C(C)(C)C)nn3C)nc2cc1C1CCN([C@]2(C)COC[C@@H]2O)CC1. The summed E-state index contributed by atoms with van der Waals surface area (Å²) >= 11 is 0. The van der Waals surface area contributed by atoms with Gasteiger partial charge in [0.2, 0.25) is 5.95 Å². The third-order valence-corrected chi connectivity index (χ3v) is 7.90. The molecule has 8 nitrogen and oxygen atoms in total. The van der Waals surface area contributed by atoms with Crippen LogP contribution in [-0.2, 0) is 17.2 Å². The number of hydrogen-bond donors (Lipinski definition) is 2. The Bertz CT molecular complexity index is 1220. The fourth-order valence-electron chi connectivity index (χ4n) is 5.43. The van der Waals surface area contributed by atoms with Crippen LogP contribution in [0.5, 0.6) is 0 Å². The lowest BCUT2D eigenvalue weighted by Gasteiger charge is -2.43. The summed E-state index contributed by atoms with van der Waals surface area (Å²) in [6.07, 6.45) is 3.61. The van der Waals surface area contributed by atoms with Gasteiger partial charge in [-0.25, -0.2) is 9.97 Å². The van der Waals surface area contributed by atoms with Crippen molar-refractivity contribution in [2.24, 2.45) is 7.05 Å². The van der Waals surface area contributed by atoms with Gasteiger partial charge in [0, 0.05) is 30.1 Å². The molecule has 0 radical (unpaired) electrons. The molecular formula is C27H38N6O2. The highest BCUT2D eigenvalue weighted by Crippen LogP contribution is 2.37. The Hall–Kier alpha value is -2.55. The van der Waals surface area contributed by atoms with E-state index < -0.39 is 6.10 Å². The number of aryl methyl sites for hydroxylation is 2. The maximum Gasteiger partial charge on any atom is 0.228 e. The first kappa shape index (κ1) is 24.2. The van der Waals surface area contributed by atoms with Crippen LogP contribution in [0.4, 0.5) is 11.8 Å². The van der Waals surface area contributed by atoms with Crippen LogP contribution in [-0.4, -0.2) is 67.7 Å². The lowest BCUT2D eigenvalue weighted by molar-refractivity contribution is -0.00214. The number of benzene rings is 1. The molecular weight excluding hydrogens is 440 g/mol. The number of likely N-dealkylation sites (tertiary alicyclic amines) is 1. The quantitative estimate of drug-likeness (QED) is 0.585. The van der Waals surface area contributed by atoms with Gasteiger partial charge >= 0.3 is 0 Å². The van der Waals surface area contributed by atoms with Crippen molar-refractivity contribution >= 4 is 22.7 Å². The number of piperidine rings is 1. The Morgan fingerprint density at radius 2 is 1.91 bits per heavy atom. The minimum Gasteiger partial charge on any atom is -0.389 e. The fourth-order valence-corrected chi connectivity index (χ4v) is 5.43. The van der Waals surface area contributed by atoms with Gasteiger partial charge in [-0.15, -0.1) is 0 Å². The molecule has 35 heavy (non-hydrogen) atoms. The predicted octanol–water partition coefficient (Wildman–Crippen LogP) is 4.04. The monoisotopic (exact) mass is 478 g/mol. The zero-order valence-electron chi connectivity index (χ0n) is 21.8. The largest absolute Gasteiger partial charge is 0.389 e. The molecule has 3 aromatic rings. The van der Waals surface area contributed by atoms with E-state index in [1.54, 1.807) is 0 Å². The van der Waals surface area contributed by atoms with Crippen molar-refractivity contribution in [3.63, 3.8) is 0 Å². The van der Waals surface area contributed by atoms with Crippen LogP contribution >= 0.6 is 0 Å². The number of aliphatic hydroxyl groups excluding tert-OH is 1. The molecule has 1 aromatic carbocycles.